The van der Waals surface area contributed by atoms with Crippen LogP contribution in [0.2, 0.25) is 0 Å². The molecule has 1 aliphatic carbocycles. The summed E-state index contributed by atoms with van der Waals surface area (Å²) in [4.78, 5) is 13.7. The standard InChI is InChI=1S/C28H27FN2O4/c1-33-24-14-17(15-25(34-2)28(24)35-3)16-12-22-26(23(32)13-16)27(18-8-4-5-9-19(18)29)31-21-11-7-6-10-20(21)30-22/h4-11,14-16,27,30-31H,12-13H2,1-3H3/t16-,27-/m0/s1. The molecule has 0 saturated carbocycles. The number of hydrogen-bond donors (Lipinski definition) is 2. The highest BCUT2D eigenvalue weighted by atomic mass is 19.1. The largest absolute Gasteiger partial charge is 0.493 e. The van der Waals surface area contributed by atoms with E-state index in [2.05, 4.69) is 10.6 Å². The summed E-state index contributed by atoms with van der Waals surface area (Å²) in [5, 5.41) is 6.89. The highest BCUT2D eigenvalue weighted by molar-refractivity contribution is 6.01. The monoisotopic (exact) mass is 474 g/mol. The van der Waals surface area contributed by atoms with Crippen molar-refractivity contribution in [3.63, 3.8) is 0 Å². The highest BCUT2D eigenvalue weighted by Crippen LogP contribution is 2.47. The molecular weight excluding hydrogens is 447 g/mol. The van der Waals surface area contributed by atoms with E-state index >= 15 is 0 Å². The summed E-state index contributed by atoms with van der Waals surface area (Å²) < 4.78 is 31.4. The van der Waals surface area contributed by atoms with Crippen molar-refractivity contribution in [1.82, 2.24) is 0 Å². The van der Waals surface area contributed by atoms with Gasteiger partial charge in [0.1, 0.15) is 5.82 Å². The quantitative estimate of drug-likeness (QED) is 0.485. The minimum absolute atomic E-state index is 0.0361. The van der Waals surface area contributed by atoms with Crippen LogP contribution >= 0.6 is 0 Å². The van der Waals surface area contributed by atoms with Crippen LogP contribution in [0.25, 0.3) is 0 Å². The molecule has 1 heterocycles. The molecule has 3 aromatic carbocycles. The van der Waals surface area contributed by atoms with E-state index in [-0.39, 0.29) is 23.9 Å². The number of halogens is 1. The fourth-order valence-electron chi connectivity index (χ4n) is 5.01. The first kappa shape index (κ1) is 22.8. The predicted molar refractivity (Wildman–Crippen MR) is 133 cm³/mol. The number of ketones is 1. The number of nitrogens with one attached hydrogen (secondary N) is 2. The van der Waals surface area contributed by atoms with Crippen molar-refractivity contribution in [3.05, 3.63) is 88.9 Å². The second-order valence-corrected chi connectivity index (χ2v) is 8.65. The second kappa shape index (κ2) is 9.33. The predicted octanol–water partition coefficient (Wildman–Crippen LogP) is 5.83. The summed E-state index contributed by atoms with van der Waals surface area (Å²) in [5.41, 5.74) is 4.36. The number of Topliss-reactive ketones (excluding diaryl/α,β-unsaturated/α-hetero) is 1. The van der Waals surface area contributed by atoms with E-state index < -0.39 is 6.04 Å². The molecule has 1 aliphatic heterocycles. The summed E-state index contributed by atoms with van der Waals surface area (Å²) >= 11 is 0. The van der Waals surface area contributed by atoms with Crippen molar-refractivity contribution in [2.45, 2.75) is 24.8 Å². The molecule has 6 nitrogen and oxygen atoms in total. The third kappa shape index (κ3) is 4.07. The number of methoxy groups -OCH3 is 3. The van der Waals surface area contributed by atoms with Gasteiger partial charge in [-0.05, 0) is 48.2 Å². The number of benzene rings is 3. The Balaban J connectivity index is 1.61. The van der Waals surface area contributed by atoms with Crippen LogP contribution < -0.4 is 24.8 Å². The third-order valence-electron chi connectivity index (χ3n) is 6.68. The number of hydrogen-bond acceptors (Lipinski definition) is 6. The zero-order chi connectivity index (χ0) is 24.5. The van der Waals surface area contributed by atoms with E-state index in [0.717, 1.165) is 22.6 Å². The van der Waals surface area contributed by atoms with E-state index in [1.807, 2.05) is 36.4 Å². The van der Waals surface area contributed by atoms with E-state index in [0.29, 0.717) is 34.8 Å². The molecule has 2 atom stereocenters. The normalized spacial score (nSPS) is 19.0. The van der Waals surface area contributed by atoms with Crippen molar-refractivity contribution in [2.75, 3.05) is 32.0 Å². The lowest BCUT2D eigenvalue weighted by atomic mass is 9.78. The molecule has 7 heteroatoms. The minimum Gasteiger partial charge on any atom is -0.493 e. The molecule has 0 amide bonds. The molecular formula is C28H27FN2O4. The van der Waals surface area contributed by atoms with Gasteiger partial charge in [-0.2, -0.15) is 0 Å². The maximum atomic E-state index is 14.9. The molecule has 0 spiro atoms. The molecule has 0 aromatic heterocycles. The maximum absolute atomic E-state index is 14.9. The van der Waals surface area contributed by atoms with Crippen LogP contribution in [0.1, 0.15) is 35.9 Å². The smallest absolute Gasteiger partial charge is 0.203 e. The van der Waals surface area contributed by atoms with E-state index in [1.54, 1.807) is 39.5 Å². The average molecular weight is 475 g/mol. The van der Waals surface area contributed by atoms with Crippen molar-refractivity contribution >= 4 is 17.2 Å². The lowest BCUT2D eigenvalue weighted by molar-refractivity contribution is -0.116. The summed E-state index contributed by atoms with van der Waals surface area (Å²) in [6.07, 6.45) is 0.850. The Kier molecular flexibility index (Phi) is 6.07. The fourth-order valence-corrected chi connectivity index (χ4v) is 5.01. The molecule has 0 unspecified atom stereocenters. The molecule has 2 aliphatic rings. The fraction of sp³-hybridized carbons (Fsp3) is 0.250. The Labute approximate surface area is 203 Å². The molecule has 180 valence electrons. The van der Waals surface area contributed by atoms with E-state index in [9.17, 15) is 9.18 Å². The lowest BCUT2D eigenvalue weighted by Gasteiger charge is -2.30. The SMILES string of the molecule is COc1cc([C@@H]2CC(=O)C3=C(C2)Nc2ccccc2N[C@H]3c2ccccc2F)cc(OC)c1OC. The molecule has 0 fully saturated rings. The van der Waals surface area contributed by atoms with Crippen LogP contribution in [0, 0.1) is 5.82 Å². The Hall–Kier alpha value is -4.00. The average Bonchev–Trinajstić information content (AvgIpc) is 3.04. The van der Waals surface area contributed by atoms with E-state index in [1.165, 1.54) is 6.07 Å². The van der Waals surface area contributed by atoms with E-state index in [4.69, 9.17) is 14.2 Å². The van der Waals surface area contributed by atoms with Crippen molar-refractivity contribution in [3.8, 4) is 17.2 Å². The molecule has 0 saturated heterocycles. The zero-order valence-electron chi connectivity index (χ0n) is 19.9. The Bertz CT molecular complexity index is 1290. The summed E-state index contributed by atoms with van der Waals surface area (Å²) in [7, 11) is 4.70. The number of para-hydroxylation sites is 2. The van der Waals surface area contributed by atoms with Gasteiger partial charge in [-0.1, -0.05) is 30.3 Å². The third-order valence-corrected chi connectivity index (χ3v) is 6.68. The van der Waals surface area contributed by atoms with Gasteiger partial charge in [-0.15, -0.1) is 0 Å². The molecule has 3 aromatic rings. The molecule has 0 bridgehead atoms. The zero-order valence-corrected chi connectivity index (χ0v) is 19.9. The molecule has 5 rings (SSSR count). The Morgan fingerprint density at radius 1 is 0.857 bits per heavy atom. The number of ether oxygens (including phenoxy) is 3. The van der Waals surface area contributed by atoms with Crippen LogP contribution in [0.3, 0.4) is 0 Å². The summed E-state index contributed by atoms with van der Waals surface area (Å²) in [6, 6.07) is 17.5. The van der Waals surface area contributed by atoms with Gasteiger partial charge in [-0.3, -0.25) is 4.79 Å². The van der Waals surface area contributed by atoms with Crippen molar-refractivity contribution in [1.29, 1.82) is 0 Å². The molecule has 35 heavy (non-hydrogen) atoms. The number of carbonyl (C=O) groups is 1. The van der Waals surface area contributed by atoms with Crippen LogP contribution in [-0.2, 0) is 4.79 Å². The number of rotatable bonds is 5. The number of carbonyl (C=O) groups excluding carboxylic acids is 1. The lowest BCUT2D eigenvalue weighted by Crippen LogP contribution is -2.27. The highest BCUT2D eigenvalue weighted by Gasteiger charge is 2.37. The first-order valence-corrected chi connectivity index (χ1v) is 11.5. The van der Waals surface area contributed by atoms with Crippen LogP contribution in [0.5, 0.6) is 17.2 Å². The minimum atomic E-state index is -0.601. The van der Waals surface area contributed by atoms with Crippen molar-refractivity contribution in [2.24, 2.45) is 0 Å². The van der Waals surface area contributed by atoms with Crippen molar-refractivity contribution < 1.29 is 23.4 Å². The first-order chi connectivity index (χ1) is 17.0. The van der Waals surface area contributed by atoms with Gasteiger partial charge in [0.25, 0.3) is 0 Å². The number of fused-ring (bicyclic) bond motifs is 1. The Morgan fingerprint density at radius 3 is 2.17 bits per heavy atom. The van der Waals surface area contributed by atoms with Gasteiger partial charge >= 0.3 is 0 Å². The first-order valence-electron chi connectivity index (χ1n) is 11.5. The summed E-state index contributed by atoms with van der Waals surface area (Å²) in [5.74, 6) is 1.08. The van der Waals surface area contributed by atoms with Gasteiger partial charge < -0.3 is 24.8 Å². The van der Waals surface area contributed by atoms with Gasteiger partial charge in [0.15, 0.2) is 17.3 Å². The molecule has 0 radical (unpaired) electrons. The van der Waals surface area contributed by atoms with Gasteiger partial charge in [0.05, 0.1) is 38.7 Å². The van der Waals surface area contributed by atoms with Gasteiger partial charge in [0.2, 0.25) is 5.75 Å². The van der Waals surface area contributed by atoms with Crippen LogP contribution in [-0.4, -0.2) is 27.1 Å². The molecule has 2 N–H and O–H groups in total. The number of allylic oxidation sites excluding steroid dienone is 1. The van der Waals surface area contributed by atoms with Crippen LogP contribution in [0.15, 0.2) is 71.9 Å². The van der Waals surface area contributed by atoms with Gasteiger partial charge in [0, 0.05) is 23.3 Å². The second-order valence-electron chi connectivity index (χ2n) is 8.65. The van der Waals surface area contributed by atoms with Gasteiger partial charge in [-0.25, -0.2) is 4.39 Å². The number of anilines is 2. The Morgan fingerprint density at radius 2 is 1.51 bits per heavy atom. The topological polar surface area (TPSA) is 68.8 Å². The maximum Gasteiger partial charge on any atom is 0.203 e. The van der Waals surface area contributed by atoms with Crippen LogP contribution in [0.4, 0.5) is 15.8 Å². The summed E-state index contributed by atoms with van der Waals surface area (Å²) in [6.45, 7) is 0.